The molecule has 0 saturated heterocycles. The van der Waals surface area contributed by atoms with Gasteiger partial charge in [0.15, 0.2) is 0 Å². The van der Waals surface area contributed by atoms with Gasteiger partial charge in [0.1, 0.15) is 5.82 Å². The summed E-state index contributed by atoms with van der Waals surface area (Å²) in [4.78, 5) is 1.23. The van der Waals surface area contributed by atoms with Crippen LogP contribution in [0.3, 0.4) is 0 Å². The lowest BCUT2D eigenvalue weighted by Crippen LogP contribution is -2.12. The molecule has 0 fully saturated rings. The Morgan fingerprint density at radius 2 is 2.00 bits per heavy atom. The van der Waals surface area contributed by atoms with Crippen molar-refractivity contribution in [3.05, 3.63) is 56.4 Å². The number of hydrogen-bond acceptors (Lipinski definition) is 2. The van der Waals surface area contributed by atoms with Crippen LogP contribution < -0.4 is 5.73 Å². The molecule has 4 heteroatoms. The van der Waals surface area contributed by atoms with Gasteiger partial charge in [-0.1, -0.05) is 12.1 Å². The molecule has 0 saturated carbocycles. The molecule has 1 aromatic heterocycles. The molecule has 1 aromatic carbocycles. The van der Waals surface area contributed by atoms with E-state index in [-0.39, 0.29) is 11.9 Å². The molecule has 0 bridgehead atoms. The van der Waals surface area contributed by atoms with E-state index in [2.05, 4.69) is 22.0 Å². The van der Waals surface area contributed by atoms with Gasteiger partial charge in [-0.15, -0.1) is 11.3 Å². The second-order valence-corrected chi connectivity index (χ2v) is 5.50. The lowest BCUT2D eigenvalue weighted by molar-refractivity contribution is 0.624. The molecule has 2 rings (SSSR count). The molecule has 84 valence electrons. The molecule has 0 aliphatic rings. The van der Waals surface area contributed by atoms with Crippen molar-refractivity contribution >= 4 is 27.3 Å². The molecule has 0 amide bonds. The highest BCUT2D eigenvalue weighted by Crippen LogP contribution is 2.24. The number of halogens is 2. The summed E-state index contributed by atoms with van der Waals surface area (Å²) in [6.45, 7) is 0. The van der Waals surface area contributed by atoms with Gasteiger partial charge < -0.3 is 5.73 Å². The maximum absolute atomic E-state index is 12.7. The molecule has 0 aliphatic heterocycles. The Bertz CT molecular complexity index is 466. The summed E-state index contributed by atoms with van der Waals surface area (Å²) >= 11 is 5.08. The molecule has 2 aromatic rings. The van der Waals surface area contributed by atoms with Gasteiger partial charge in [0, 0.05) is 27.2 Å². The van der Waals surface area contributed by atoms with Crippen LogP contribution in [0.1, 0.15) is 16.5 Å². The van der Waals surface area contributed by atoms with E-state index in [4.69, 9.17) is 5.73 Å². The topological polar surface area (TPSA) is 26.0 Å². The van der Waals surface area contributed by atoms with E-state index in [9.17, 15) is 4.39 Å². The molecule has 16 heavy (non-hydrogen) atoms. The standard InChI is InChI=1S/C12H11BrFNS/c13-9-5-11(16-7-9)6-12(15)8-1-3-10(14)4-2-8/h1-5,7,12H,6,15H2. The van der Waals surface area contributed by atoms with Gasteiger partial charge in [0.2, 0.25) is 0 Å². The fourth-order valence-corrected chi connectivity index (χ4v) is 3.02. The van der Waals surface area contributed by atoms with Crippen molar-refractivity contribution in [2.45, 2.75) is 12.5 Å². The monoisotopic (exact) mass is 299 g/mol. The summed E-state index contributed by atoms with van der Waals surface area (Å²) in [6, 6.07) is 8.35. The van der Waals surface area contributed by atoms with Gasteiger partial charge in [-0.25, -0.2) is 4.39 Å². The Morgan fingerprint density at radius 3 is 2.56 bits per heavy atom. The van der Waals surface area contributed by atoms with Crippen LogP contribution in [-0.2, 0) is 6.42 Å². The summed E-state index contributed by atoms with van der Waals surface area (Å²) in [7, 11) is 0. The lowest BCUT2D eigenvalue weighted by Gasteiger charge is -2.10. The number of thiophene rings is 1. The molecule has 1 nitrogen and oxygen atoms in total. The normalized spacial score (nSPS) is 12.7. The SMILES string of the molecule is NC(Cc1cc(Br)cs1)c1ccc(F)cc1. The highest BCUT2D eigenvalue weighted by atomic mass is 79.9. The van der Waals surface area contributed by atoms with Crippen LogP contribution >= 0.6 is 27.3 Å². The fourth-order valence-electron chi connectivity index (χ4n) is 1.51. The van der Waals surface area contributed by atoms with E-state index in [0.29, 0.717) is 0 Å². The maximum Gasteiger partial charge on any atom is 0.123 e. The molecule has 0 radical (unpaired) electrons. The van der Waals surface area contributed by atoms with Crippen LogP contribution in [0.5, 0.6) is 0 Å². The Morgan fingerprint density at radius 1 is 1.31 bits per heavy atom. The molecule has 1 heterocycles. The largest absolute Gasteiger partial charge is 0.324 e. The Hall–Kier alpha value is -0.710. The Labute approximate surface area is 106 Å². The first-order valence-electron chi connectivity index (χ1n) is 4.89. The predicted molar refractivity (Wildman–Crippen MR) is 69.1 cm³/mol. The summed E-state index contributed by atoms with van der Waals surface area (Å²) in [6.07, 6.45) is 0.780. The quantitative estimate of drug-likeness (QED) is 0.914. The Balaban J connectivity index is 2.08. The van der Waals surface area contributed by atoms with Gasteiger partial charge in [0.05, 0.1) is 0 Å². The van der Waals surface area contributed by atoms with Crippen molar-refractivity contribution < 1.29 is 4.39 Å². The van der Waals surface area contributed by atoms with Crippen LogP contribution in [-0.4, -0.2) is 0 Å². The third-order valence-electron chi connectivity index (χ3n) is 2.34. The molecule has 2 N–H and O–H groups in total. The van der Waals surface area contributed by atoms with Crippen molar-refractivity contribution in [2.75, 3.05) is 0 Å². The predicted octanol–water partition coefficient (Wildman–Crippen LogP) is 3.89. The van der Waals surface area contributed by atoms with Gasteiger partial charge in [0.25, 0.3) is 0 Å². The van der Waals surface area contributed by atoms with Crippen LogP contribution in [0, 0.1) is 5.82 Å². The first-order chi connectivity index (χ1) is 7.65. The Kier molecular flexibility index (Phi) is 3.74. The molecule has 1 unspecified atom stereocenters. The average Bonchev–Trinajstić information content (AvgIpc) is 2.65. The van der Waals surface area contributed by atoms with Gasteiger partial charge in [-0.2, -0.15) is 0 Å². The van der Waals surface area contributed by atoms with E-state index >= 15 is 0 Å². The van der Waals surface area contributed by atoms with E-state index in [1.807, 2.05) is 5.38 Å². The minimum atomic E-state index is -0.227. The second kappa shape index (κ2) is 5.08. The molecule has 1 atom stereocenters. The zero-order valence-electron chi connectivity index (χ0n) is 8.49. The number of hydrogen-bond donors (Lipinski definition) is 1. The van der Waals surface area contributed by atoms with Gasteiger partial charge in [-0.05, 0) is 39.7 Å². The van der Waals surface area contributed by atoms with Crippen LogP contribution in [0.15, 0.2) is 40.2 Å². The summed E-state index contributed by atoms with van der Waals surface area (Å²) in [5.74, 6) is -0.227. The van der Waals surface area contributed by atoms with Crippen LogP contribution in [0.4, 0.5) is 4.39 Å². The summed E-state index contributed by atoms with van der Waals surface area (Å²) < 4.78 is 13.8. The fraction of sp³-hybridized carbons (Fsp3) is 0.167. The minimum Gasteiger partial charge on any atom is -0.324 e. The van der Waals surface area contributed by atoms with Crippen molar-refractivity contribution in [1.82, 2.24) is 0 Å². The smallest absolute Gasteiger partial charge is 0.123 e. The third-order valence-corrected chi connectivity index (χ3v) is 4.06. The molecule has 0 spiro atoms. The number of nitrogens with two attached hydrogens (primary N) is 1. The van der Waals surface area contributed by atoms with Crippen molar-refractivity contribution in [2.24, 2.45) is 5.73 Å². The van der Waals surface area contributed by atoms with E-state index in [1.165, 1.54) is 17.0 Å². The minimum absolute atomic E-state index is 0.0776. The average molecular weight is 300 g/mol. The molecular weight excluding hydrogens is 289 g/mol. The first kappa shape index (κ1) is 11.8. The second-order valence-electron chi connectivity index (χ2n) is 3.59. The zero-order chi connectivity index (χ0) is 11.5. The van der Waals surface area contributed by atoms with Crippen molar-refractivity contribution in [1.29, 1.82) is 0 Å². The van der Waals surface area contributed by atoms with Crippen molar-refractivity contribution in [3.8, 4) is 0 Å². The highest BCUT2D eigenvalue weighted by Gasteiger charge is 2.08. The third kappa shape index (κ3) is 2.90. The van der Waals surface area contributed by atoms with Gasteiger partial charge >= 0.3 is 0 Å². The zero-order valence-corrected chi connectivity index (χ0v) is 10.9. The van der Waals surface area contributed by atoms with E-state index in [1.54, 1.807) is 23.5 Å². The number of rotatable bonds is 3. The van der Waals surface area contributed by atoms with Crippen LogP contribution in [0.2, 0.25) is 0 Å². The molecule has 0 aliphatic carbocycles. The number of benzene rings is 1. The van der Waals surface area contributed by atoms with E-state index < -0.39 is 0 Å². The first-order valence-corrected chi connectivity index (χ1v) is 6.56. The lowest BCUT2D eigenvalue weighted by atomic mass is 10.0. The van der Waals surface area contributed by atoms with Crippen LogP contribution in [0.25, 0.3) is 0 Å². The van der Waals surface area contributed by atoms with E-state index in [0.717, 1.165) is 16.5 Å². The van der Waals surface area contributed by atoms with Crippen molar-refractivity contribution in [3.63, 3.8) is 0 Å². The summed E-state index contributed by atoms with van der Waals surface area (Å²) in [5.41, 5.74) is 7.02. The maximum atomic E-state index is 12.7. The highest BCUT2D eigenvalue weighted by molar-refractivity contribution is 9.10. The summed E-state index contributed by atoms with van der Waals surface area (Å²) in [5, 5.41) is 2.03. The van der Waals surface area contributed by atoms with Gasteiger partial charge in [-0.3, -0.25) is 0 Å². The molecular formula is C12H11BrFNS.